The Morgan fingerprint density at radius 3 is 2.63 bits per heavy atom. The van der Waals surface area contributed by atoms with Crippen molar-refractivity contribution in [1.82, 2.24) is 5.32 Å². The molecule has 0 radical (unpaired) electrons. The molecule has 1 N–H and O–H groups in total. The standard InChI is InChI=1S/C16H23NO2/c1-11-12(2)16-15(18-7-8-19-16)10-14(11)9-13-3-5-17-6-4-13/h10,13,17H,3-9H2,1-2H3. The largest absolute Gasteiger partial charge is 0.486 e. The molecular formula is C16H23NO2. The Kier molecular flexibility index (Phi) is 3.65. The smallest absolute Gasteiger partial charge is 0.164 e. The molecule has 0 spiro atoms. The lowest BCUT2D eigenvalue weighted by Gasteiger charge is -2.26. The monoisotopic (exact) mass is 261 g/mol. The number of hydrogen-bond acceptors (Lipinski definition) is 3. The van der Waals surface area contributed by atoms with Gasteiger partial charge in [0, 0.05) is 0 Å². The van der Waals surface area contributed by atoms with Crippen LogP contribution in [-0.4, -0.2) is 26.3 Å². The summed E-state index contributed by atoms with van der Waals surface area (Å²) in [6.45, 7) is 8.02. The molecule has 0 atom stereocenters. The molecule has 19 heavy (non-hydrogen) atoms. The van der Waals surface area contributed by atoms with E-state index in [1.54, 1.807) is 0 Å². The molecular weight excluding hydrogens is 238 g/mol. The summed E-state index contributed by atoms with van der Waals surface area (Å²) in [7, 11) is 0. The van der Waals surface area contributed by atoms with E-state index in [4.69, 9.17) is 9.47 Å². The first-order valence-electron chi connectivity index (χ1n) is 7.35. The van der Waals surface area contributed by atoms with Crippen LogP contribution in [0.1, 0.15) is 29.5 Å². The molecule has 104 valence electrons. The number of piperidine rings is 1. The topological polar surface area (TPSA) is 30.5 Å². The zero-order valence-corrected chi connectivity index (χ0v) is 11.9. The van der Waals surface area contributed by atoms with E-state index in [1.165, 1.54) is 36.0 Å². The van der Waals surface area contributed by atoms with Crippen molar-refractivity contribution in [3.63, 3.8) is 0 Å². The van der Waals surface area contributed by atoms with Gasteiger partial charge in [-0.05, 0) is 74.9 Å². The third-order valence-corrected chi connectivity index (χ3v) is 4.47. The van der Waals surface area contributed by atoms with Gasteiger partial charge in [0.2, 0.25) is 0 Å². The van der Waals surface area contributed by atoms with Crippen molar-refractivity contribution in [3.05, 3.63) is 22.8 Å². The van der Waals surface area contributed by atoms with Gasteiger partial charge >= 0.3 is 0 Å². The first kappa shape index (κ1) is 12.8. The summed E-state index contributed by atoms with van der Waals surface area (Å²) >= 11 is 0. The van der Waals surface area contributed by atoms with Gasteiger partial charge in [0.15, 0.2) is 11.5 Å². The summed E-state index contributed by atoms with van der Waals surface area (Å²) in [6, 6.07) is 2.21. The van der Waals surface area contributed by atoms with Crippen LogP contribution >= 0.6 is 0 Å². The zero-order chi connectivity index (χ0) is 13.2. The maximum Gasteiger partial charge on any atom is 0.164 e. The molecule has 2 heterocycles. The molecule has 1 aromatic rings. The lowest BCUT2D eigenvalue weighted by Crippen LogP contribution is -2.29. The third-order valence-electron chi connectivity index (χ3n) is 4.47. The third kappa shape index (κ3) is 2.57. The van der Waals surface area contributed by atoms with E-state index >= 15 is 0 Å². The minimum Gasteiger partial charge on any atom is -0.486 e. The number of rotatable bonds is 2. The van der Waals surface area contributed by atoms with Crippen LogP contribution in [-0.2, 0) is 6.42 Å². The molecule has 0 unspecified atom stereocenters. The molecule has 0 aliphatic carbocycles. The van der Waals surface area contributed by atoms with Crippen LogP contribution in [0, 0.1) is 19.8 Å². The lowest BCUT2D eigenvalue weighted by molar-refractivity contribution is 0.170. The van der Waals surface area contributed by atoms with E-state index in [0.29, 0.717) is 13.2 Å². The number of hydrogen-bond donors (Lipinski definition) is 1. The van der Waals surface area contributed by atoms with Crippen LogP contribution in [0.2, 0.25) is 0 Å². The van der Waals surface area contributed by atoms with Gasteiger partial charge in [-0.15, -0.1) is 0 Å². The number of fused-ring (bicyclic) bond motifs is 1. The summed E-state index contributed by atoms with van der Waals surface area (Å²) in [6.07, 6.45) is 3.74. The van der Waals surface area contributed by atoms with E-state index < -0.39 is 0 Å². The highest BCUT2D eigenvalue weighted by atomic mass is 16.6. The first-order chi connectivity index (χ1) is 9.25. The fourth-order valence-corrected chi connectivity index (χ4v) is 3.12. The Morgan fingerprint density at radius 1 is 1.11 bits per heavy atom. The van der Waals surface area contributed by atoms with E-state index in [9.17, 15) is 0 Å². The van der Waals surface area contributed by atoms with Gasteiger partial charge in [0.1, 0.15) is 13.2 Å². The van der Waals surface area contributed by atoms with Crippen LogP contribution in [0.4, 0.5) is 0 Å². The molecule has 0 bridgehead atoms. The first-order valence-corrected chi connectivity index (χ1v) is 7.35. The number of nitrogens with one attached hydrogen (secondary N) is 1. The minimum absolute atomic E-state index is 0.668. The van der Waals surface area contributed by atoms with E-state index in [0.717, 1.165) is 30.5 Å². The van der Waals surface area contributed by atoms with Crippen LogP contribution in [0.5, 0.6) is 11.5 Å². The quantitative estimate of drug-likeness (QED) is 0.887. The highest BCUT2D eigenvalue weighted by Gasteiger charge is 2.21. The molecule has 0 saturated carbocycles. The Balaban J connectivity index is 1.86. The Bertz CT molecular complexity index is 464. The van der Waals surface area contributed by atoms with Gasteiger partial charge in [-0.25, -0.2) is 0 Å². The second-order valence-electron chi connectivity index (χ2n) is 5.71. The van der Waals surface area contributed by atoms with Crippen molar-refractivity contribution in [2.45, 2.75) is 33.1 Å². The fourth-order valence-electron chi connectivity index (χ4n) is 3.12. The predicted octanol–water partition coefficient (Wildman–Crippen LogP) is 2.62. The SMILES string of the molecule is Cc1c(CC2CCNCC2)cc2c(c1C)OCCO2. The van der Waals surface area contributed by atoms with Crippen molar-refractivity contribution < 1.29 is 9.47 Å². The van der Waals surface area contributed by atoms with Gasteiger partial charge in [0.25, 0.3) is 0 Å². The molecule has 3 rings (SSSR count). The van der Waals surface area contributed by atoms with Crippen LogP contribution in [0.15, 0.2) is 6.07 Å². The molecule has 3 nitrogen and oxygen atoms in total. The zero-order valence-electron chi connectivity index (χ0n) is 11.9. The minimum atomic E-state index is 0.668. The highest BCUT2D eigenvalue weighted by molar-refractivity contribution is 5.54. The molecule has 1 fully saturated rings. The van der Waals surface area contributed by atoms with Crippen molar-refractivity contribution >= 4 is 0 Å². The van der Waals surface area contributed by atoms with Gasteiger partial charge < -0.3 is 14.8 Å². The average Bonchev–Trinajstić information content (AvgIpc) is 2.46. The summed E-state index contributed by atoms with van der Waals surface area (Å²) in [5, 5.41) is 3.43. The Hall–Kier alpha value is -1.22. The maximum atomic E-state index is 5.75. The van der Waals surface area contributed by atoms with Crippen LogP contribution in [0.3, 0.4) is 0 Å². The van der Waals surface area contributed by atoms with E-state index in [1.807, 2.05) is 0 Å². The second kappa shape index (κ2) is 5.41. The molecule has 1 aromatic carbocycles. The normalized spacial score (nSPS) is 19.5. The molecule has 3 heteroatoms. The van der Waals surface area contributed by atoms with E-state index in [-0.39, 0.29) is 0 Å². The van der Waals surface area contributed by atoms with Crippen molar-refractivity contribution in [1.29, 1.82) is 0 Å². The van der Waals surface area contributed by atoms with Crippen LogP contribution < -0.4 is 14.8 Å². The lowest BCUT2D eigenvalue weighted by atomic mass is 9.88. The predicted molar refractivity (Wildman–Crippen MR) is 76.2 cm³/mol. The molecule has 0 aromatic heterocycles. The number of benzene rings is 1. The number of ether oxygens (including phenoxy) is 2. The van der Waals surface area contributed by atoms with Gasteiger partial charge in [-0.2, -0.15) is 0 Å². The Morgan fingerprint density at radius 2 is 1.84 bits per heavy atom. The van der Waals surface area contributed by atoms with Gasteiger partial charge in [-0.1, -0.05) is 0 Å². The van der Waals surface area contributed by atoms with Gasteiger partial charge in [0.05, 0.1) is 0 Å². The molecule has 1 saturated heterocycles. The maximum absolute atomic E-state index is 5.75. The van der Waals surface area contributed by atoms with Crippen molar-refractivity contribution in [3.8, 4) is 11.5 Å². The van der Waals surface area contributed by atoms with Crippen molar-refractivity contribution in [2.24, 2.45) is 5.92 Å². The fraction of sp³-hybridized carbons (Fsp3) is 0.625. The van der Waals surface area contributed by atoms with Crippen molar-refractivity contribution in [2.75, 3.05) is 26.3 Å². The molecule has 2 aliphatic heterocycles. The second-order valence-corrected chi connectivity index (χ2v) is 5.71. The van der Waals surface area contributed by atoms with Gasteiger partial charge in [-0.3, -0.25) is 0 Å². The van der Waals surface area contributed by atoms with Crippen LogP contribution in [0.25, 0.3) is 0 Å². The summed E-state index contributed by atoms with van der Waals surface area (Å²) in [4.78, 5) is 0. The average molecular weight is 261 g/mol. The summed E-state index contributed by atoms with van der Waals surface area (Å²) in [5.41, 5.74) is 4.07. The summed E-state index contributed by atoms with van der Waals surface area (Å²) in [5.74, 6) is 2.71. The van der Waals surface area contributed by atoms with E-state index in [2.05, 4.69) is 25.2 Å². The molecule has 2 aliphatic rings. The molecule has 0 amide bonds. The summed E-state index contributed by atoms with van der Waals surface area (Å²) < 4.78 is 11.5. The Labute approximate surface area is 115 Å². The highest BCUT2D eigenvalue weighted by Crippen LogP contribution is 2.38.